The number of allylic oxidation sites excluding steroid dienone is 2. The highest BCUT2D eigenvalue weighted by Gasteiger charge is 2.43. The van der Waals surface area contributed by atoms with E-state index in [-0.39, 0.29) is 12.0 Å². The van der Waals surface area contributed by atoms with E-state index in [1.807, 2.05) is 57.1 Å². The quantitative estimate of drug-likeness (QED) is 0.609. The Balaban J connectivity index is 1.37. The van der Waals surface area contributed by atoms with Gasteiger partial charge in [0, 0.05) is 34.7 Å². The Morgan fingerprint density at radius 2 is 1.97 bits per heavy atom. The number of aromatic nitrogens is 2. The highest BCUT2D eigenvalue weighted by molar-refractivity contribution is 6.29. The number of rotatable bonds is 3. The van der Waals surface area contributed by atoms with Crippen LogP contribution in [0.5, 0.6) is 0 Å². The summed E-state index contributed by atoms with van der Waals surface area (Å²) < 4.78 is 5.85. The van der Waals surface area contributed by atoms with Crippen LogP contribution in [0.1, 0.15) is 76.7 Å². The molecule has 8 nitrogen and oxygen atoms in total. The zero-order chi connectivity index (χ0) is 24.7. The predicted octanol–water partition coefficient (Wildman–Crippen LogP) is 4.66. The Bertz CT molecular complexity index is 1130. The molecule has 0 saturated heterocycles. The molecule has 0 spiro atoms. The molecule has 186 valence electrons. The third-order valence-electron chi connectivity index (χ3n) is 6.93. The van der Waals surface area contributed by atoms with Crippen LogP contribution in [0.4, 0.5) is 0 Å². The Morgan fingerprint density at radius 1 is 1.20 bits per heavy atom. The van der Waals surface area contributed by atoms with E-state index < -0.39 is 11.6 Å². The molecule has 2 aliphatic carbocycles. The van der Waals surface area contributed by atoms with E-state index in [0.29, 0.717) is 18.8 Å². The van der Waals surface area contributed by atoms with Crippen LogP contribution in [0.2, 0.25) is 0 Å². The molecule has 1 fully saturated rings. The van der Waals surface area contributed by atoms with Gasteiger partial charge >= 0.3 is 5.97 Å². The van der Waals surface area contributed by atoms with Crippen LogP contribution in [-0.4, -0.2) is 49.9 Å². The number of esters is 1. The summed E-state index contributed by atoms with van der Waals surface area (Å²) in [5.74, 6) is 1.84. The summed E-state index contributed by atoms with van der Waals surface area (Å²) in [6, 6.07) is 1.70. The molecule has 1 N–H and O–H groups in total. The van der Waals surface area contributed by atoms with Crippen molar-refractivity contribution in [2.24, 2.45) is 5.10 Å². The van der Waals surface area contributed by atoms with Crippen molar-refractivity contribution in [2.45, 2.75) is 89.8 Å². The molecule has 4 aliphatic rings. The Kier molecular flexibility index (Phi) is 6.34. The lowest BCUT2D eigenvalue weighted by molar-refractivity contribution is -0.158. The summed E-state index contributed by atoms with van der Waals surface area (Å²) >= 11 is 6.36. The third-order valence-corrected chi connectivity index (χ3v) is 7.23. The minimum atomic E-state index is -0.585. The first-order valence-electron chi connectivity index (χ1n) is 12.4. The number of hydrogen-bond acceptors (Lipinski definition) is 8. The van der Waals surface area contributed by atoms with Crippen molar-refractivity contribution in [2.75, 3.05) is 0 Å². The number of aryl methyl sites for hydroxylation is 1. The lowest BCUT2D eigenvalue weighted by Gasteiger charge is -2.36. The van der Waals surface area contributed by atoms with E-state index in [1.165, 1.54) is 0 Å². The van der Waals surface area contributed by atoms with Crippen LogP contribution in [0.25, 0.3) is 0 Å². The molecule has 2 aliphatic heterocycles. The van der Waals surface area contributed by atoms with Crippen molar-refractivity contribution in [3.63, 3.8) is 0 Å². The molecule has 1 atom stereocenters. The van der Waals surface area contributed by atoms with Gasteiger partial charge in [0.1, 0.15) is 23.6 Å². The Hall–Kier alpha value is -2.87. The Labute approximate surface area is 211 Å². The first kappa shape index (κ1) is 23.9. The van der Waals surface area contributed by atoms with Crippen LogP contribution in [-0.2, 0) is 9.53 Å². The summed E-state index contributed by atoms with van der Waals surface area (Å²) in [6.45, 7) is 7.62. The molecular formula is C26H33ClN6O2. The van der Waals surface area contributed by atoms with Gasteiger partial charge in [-0.2, -0.15) is 5.10 Å². The van der Waals surface area contributed by atoms with Gasteiger partial charge in [0.25, 0.3) is 0 Å². The number of fused-ring (bicyclic) bond motifs is 1. The van der Waals surface area contributed by atoms with Gasteiger partial charge in [0.2, 0.25) is 0 Å². The molecule has 9 heteroatoms. The molecule has 35 heavy (non-hydrogen) atoms. The number of halogens is 1. The van der Waals surface area contributed by atoms with Gasteiger partial charge in [-0.05, 0) is 83.9 Å². The van der Waals surface area contributed by atoms with Crippen molar-refractivity contribution in [1.29, 1.82) is 0 Å². The highest BCUT2D eigenvalue weighted by Crippen LogP contribution is 2.39. The van der Waals surface area contributed by atoms with Gasteiger partial charge in [0.05, 0.1) is 6.04 Å². The zero-order valence-electron chi connectivity index (χ0n) is 20.8. The number of ether oxygens (including phenoxy) is 1. The molecule has 0 bridgehead atoms. The fourth-order valence-electron chi connectivity index (χ4n) is 5.34. The highest BCUT2D eigenvalue weighted by atomic mass is 35.5. The second-order valence-electron chi connectivity index (χ2n) is 10.6. The number of carbonyl (C=O) groups is 1. The van der Waals surface area contributed by atoms with E-state index in [2.05, 4.69) is 20.3 Å². The maximum Gasteiger partial charge on any atom is 0.334 e. The topological polar surface area (TPSA) is 83.0 Å². The van der Waals surface area contributed by atoms with E-state index in [4.69, 9.17) is 21.4 Å². The molecule has 3 heterocycles. The van der Waals surface area contributed by atoms with Crippen molar-refractivity contribution in [3.8, 4) is 0 Å². The molecule has 0 radical (unpaired) electrons. The number of nitrogens with zero attached hydrogens (tertiary/aromatic N) is 5. The smallest absolute Gasteiger partial charge is 0.334 e. The number of carbonyl (C=O) groups excluding carboxylic acids is 1. The molecule has 0 aromatic carbocycles. The summed E-state index contributed by atoms with van der Waals surface area (Å²) in [7, 11) is 0. The van der Waals surface area contributed by atoms with Crippen LogP contribution in [0.3, 0.4) is 0 Å². The molecule has 1 unspecified atom stereocenters. The predicted molar refractivity (Wildman–Crippen MR) is 135 cm³/mol. The summed E-state index contributed by atoms with van der Waals surface area (Å²) in [5.41, 5.74) is 2.39. The fourth-order valence-corrected chi connectivity index (χ4v) is 5.54. The molecule has 1 aromatic heterocycles. The van der Waals surface area contributed by atoms with Gasteiger partial charge in [0.15, 0.2) is 6.04 Å². The van der Waals surface area contributed by atoms with E-state index in [1.54, 1.807) is 6.34 Å². The van der Waals surface area contributed by atoms with Crippen LogP contribution in [0, 0.1) is 6.92 Å². The van der Waals surface area contributed by atoms with Gasteiger partial charge in [-0.1, -0.05) is 11.6 Å². The number of hydrazone groups is 1. The minimum absolute atomic E-state index is 0.247. The van der Waals surface area contributed by atoms with Crippen molar-refractivity contribution in [1.82, 2.24) is 25.2 Å². The lowest BCUT2D eigenvalue weighted by atomic mass is 9.83. The van der Waals surface area contributed by atoms with Crippen molar-refractivity contribution < 1.29 is 9.53 Å². The van der Waals surface area contributed by atoms with E-state index >= 15 is 0 Å². The average molecular weight is 497 g/mol. The van der Waals surface area contributed by atoms with E-state index in [0.717, 1.165) is 59.3 Å². The molecule has 0 amide bonds. The fraction of sp³-hybridized carbons (Fsp3) is 0.538. The van der Waals surface area contributed by atoms with Crippen LogP contribution in [0.15, 0.2) is 51.8 Å². The maximum atomic E-state index is 13.5. The Morgan fingerprint density at radius 3 is 2.69 bits per heavy atom. The number of hydrogen-bond donors (Lipinski definition) is 1. The van der Waals surface area contributed by atoms with E-state index in [9.17, 15) is 4.79 Å². The molecule has 1 aromatic rings. The molecule has 5 rings (SSSR count). The third kappa shape index (κ3) is 4.94. The zero-order valence-corrected chi connectivity index (χ0v) is 21.5. The second-order valence-corrected chi connectivity index (χ2v) is 11.1. The van der Waals surface area contributed by atoms with Crippen molar-refractivity contribution >= 4 is 23.9 Å². The summed E-state index contributed by atoms with van der Waals surface area (Å²) in [6.07, 6.45) is 12.9. The monoisotopic (exact) mass is 496 g/mol. The first-order valence-corrected chi connectivity index (χ1v) is 12.8. The van der Waals surface area contributed by atoms with Gasteiger partial charge < -0.3 is 10.1 Å². The minimum Gasteiger partial charge on any atom is -0.458 e. The standard InChI is InChI=1S/C26H33ClN6O2/c1-16-28-12-11-21(31-16)17-5-8-19(9-6-17)33-23-14-29-22-13-18(27)7-10-20(22)24(32(23)15-30-33)25(34)35-26(2,3)4/h11-15,17,19,24,29H,5-10H2,1-4H3/t17-,19-,24?. The van der Waals surface area contributed by atoms with Gasteiger partial charge in [-0.3, -0.25) is 4.90 Å². The summed E-state index contributed by atoms with van der Waals surface area (Å²) in [4.78, 5) is 24.3. The average Bonchev–Trinajstić information content (AvgIpc) is 3.14. The summed E-state index contributed by atoms with van der Waals surface area (Å²) in [5, 5.41) is 11.0. The van der Waals surface area contributed by atoms with Crippen molar-refractivity contribution in [3.05, 3.63) is 58.2 Å². The van der Waals surface area contributed by atoms with Gasteiger partial charge in [-0.15, -0.1) is 0 Å². The second kappa shape index (κ2) is 9.30. The first-order chi connectivity index (χ1) is 16.7. The largest absolute Gasteiger partial charge is 0.458 e. The maximum absolute atomic E-state index is 13.5. The number of nitrogens with one attached hydrogen (secondary N) is 1. The van der Waals surface area contributed by atoms with Crippen LogP contribution >= 0.6 is 11.6 Å². The molecular weight excluding hydrogens is 464 g/mol. The SMILES string of the molecule is Cc1nccc([C@H]2CC[C@H](N3N=CN4C3=CNC3=C(CCC(Cl)=C3)C4C(=O)OC(C)(C)C)CC2)n1. The normalized spacial score (nSPS) is 26.4. The van der Waals surface area contributed by atoms with Gasteiger partial charge in [-0.25, -0.2) is 19.8 Å². The van der Waals surface area contributed by atoms with Crippen LogP contribution < -0.4 is 5.32 Å². The molecule has 1 saturated carbocycles. The lowest BCUT2D eigenvalue weighted by Crippen LogP contribution is -2.45.